The number of aromatic nitrogens is 2. The predicted molar refractivity (Wildman–Crippen MR) is 78.6 cm³/mol. The molecule has 0 saturated heterocycles. The Morgan fingerprint density at radius 3 is 2.90 bits per heavy atom. The molecular weight excluding hydrogens is 252 g/mol. The molecule has 5 heteroatoms. The summed E-state index contributed by atoms with van der Waals surface area (Å²) in [6, 6.07) is 7.56. The van der Waals surface area contributed by atoms with Gasteiger partial charge in [0.1, 0.15) is 0 Å². The van der Waals surface area contributed by atoms with Crippen molar-refractivity contribution in [1.82, 2.24) is 15.4 Å². The molecule has 5 nitrogen and oxygen atoms in total. The number of hydrogen-bond acceptors (Lipinski definition) is 3. The van der Waals surface area contributed by atoms with E-state index < -0.39 is 0 Å². The van der Waals surface area contributed by atoms with Crippen molar-refractivity contribution in [3.8, 4) is 0 Å². The fourth-order valence-electron chi connectivity index (χ4n) is 2.60. The summed E-state index contributed by atoms with van der Waals surface area (Å²) in [4.78, 5) is 19.2. The minimum atomic E-state index is -0.298. The number of benzene rings is 1. The SMILES string of the molecule is O=C(N/N=C/C1CCCCC1)c1nc2ccccc2[nH]1. The van der Waals surface area contributed by atoms with E-state index in [-0.39, 0.29) is 5.91 Å². The van der Waals surface area contributed by atoms with E-state index in [4.69, 9.17) is 0 Å². The van der Waals surface area contributed by atoms with Crippen LogP contribution < -0.4 is 5.43 Å². The van der Waals surface area contributed by atoms with Crippen LogP contribution >= 0.6 is 0 Å². The molecule has 0 radical (unpaired) electrons. The van der Waals surface area contributed by atoms with Gasteiger partial charge in [-0.2, -0.15) is 5.10 Å². The van der Waals surface area contributed by atoms with E-state index in [0.717, 1.165) is 11.0 Å². The number of aromatic amines is 1. The predicted octanol–water partition coefficient (Wildman–Crippen LogP) is 2.86. The number of imidazole rings is 1. The molecular formula is C15H18N4O. The molecule has 1 heterocycles. The van der Waals surface area contributed by atoms with Crippen molar-refractivity contribution in [2.75, 3.05) is 0 Å². The Balaban J connectivity index is 1.62. The van der Waals surface area contributed by atoms with Gasteiger partial charge in [0, 0.05) is 6.21 Å². The van der Waals surface area contributed by atoms with E-state index in [1.54, 1.807) is 0 Å². The van der Waals surface area contributed by atoms with Gasteiger partial charge in [-0.1, -0.05) is 31.4 Å². The van der Waals surface area contributed by atoms with E-state index in [1.807, 2.05) is 30.5 Å². The monoisotopic (exact) mass is 270 g/mol. The fourth-order valence-corrected chi connectivity index (χ4v) is 2.60. The maximum atomic E-state index is 11.9. The molecule has 0 bridgehead atoms. The zero-order chi connectivity index (χ0) is 13.8. The van der Waals surface area contributed by atoms with Gasteiger partial charge in [-0.05, 0) is 30.9 Å². The summed E-state index contributed by atoms with van der Waals surface area (Å²) in [6.45, 7) is 0. The van der Waals surface area contributed by atoms with Gasteiger partial charge in [-0.3, -0.25) is 4.79 Å². The molecule has 3 rings (SSSR count). The van der Waals surface area contributed by atoms with E-state index >= 15 is 0 Å². The Morgan fingerprint density at radius 1 is 1.30 bits per heavy atom. The first-order valence-corrected chi connectivity index (χ1v) is 7.11. The van der Waals surface area contributed by atoms with Gasteiger partial charge in [-0.15, -0.1) is 0 Å². The molecule has 0 unspecified atom stereocenters. The van der Waals surface area contributed by atoms with Crippen molar-refractivity contribution in [3.05, 3.63) is 30.1 Å². The summed E-state index contributed by atoms with van der Waals surface area (Å²) in [5, 5.41) is 4.06. The minimum absolute atomic E-state index is 0.298. The largest absolute Gasteiger partial charge is 0.334 e. The van der Waals surface area contributed by atoms with Crippen LogP contribution in [0.1, 0.15) is 42.7 Å². The Hall–Kier alpha value is -2.17. The minimum Gasteiger partial charge on any atom is -0.334 e. The first kappa shape index (κ1) is 12.8. The van der Waals surface area contributed by atoms with Gasteiger partial charge in [0.15, 0.2) is 5.82 Å². The molecule has 1 aromatic heterocycles. The number of carbonyl (C=O) groups excluding carboxylic acids is 1. The van der Waals surface area contributed by atoms with Gasteiger partial charge in [0.25, 0.3) is 0 Å². The van der Waals surface area contributed by atoms with Crippen LogP contribution in [0.25, 0.3) is 11.0 Å². The summed E-state index contributed by atoms with van der Waals surface area (Å²) >= 11 is 0. The molecule has 0 spiro atoms. The lowest BCUT2D eigenvalue weighted by Gasteiger charge is -2.16. The smallest absolute Gasteiger partial charge is 0.307 e. The van der Waals surface area contributed by atoms with Crippen LogP contribution in [-0.2, 0) is 0 Å². The van der Waals surface area contributed by atoms with E-state index in [2.05, 4.69) is 20.5 Å². The molecule has 1 aliphatic rings. The quantitative estimate of drug-likeness (QED) is 0.665. The summed E-state index contributed by atoms with van der Waals surface area (Å²) in [5.74, 6) is 0.500. The second kappa shape index (κ2) is 5.86. The van der Waals surface area contributed by atoms with Gasteiger partial charge >= 0.3 is 5.91 Å². The number of hydrazone groups is 1. The molecule has 20 heavy (non-hydrogen) atoms. The van der Waals surface area contributed by atoms with Crippen LogP contribution in [0.2, 0.25) is 0 Å². The van der Waals surface area contributed by atoms with Crippen molar-refractivity contribution in [3.63, 3.8) is 0 Å². The number of fused-ring (bicyclic) bond motifs is 1. The van der Waals surface area contributed by atoms with Gasteiger partial charge in [-0.25, -0.2) is 10.4 Å². The number of H-pyrrole nitrogens is 1. The molecule has 1 aromatic carbocycles. The lowest BCUT2D eigenvalue weighted by Crippen LogP contribution is -2.20. The van der Waals surface area contributed by atoms with E-state index in [1.165, 1.54) is 32.1 Å². The van der Waals surface area contributed by atoms with Crippen molar-refractivity contribution < 1.29 is 4.79 Å². The first-order chi connectivity index (χ1) is 9.83. The second-order valence-electron chi connectivity index (χ2n) is 5.22. The lowest BCUT2D eigenvalue weighted by atomic mass is 9.90. The number of amides is 1. The Kier molecular flexibility index (Phi) is 3.76. The van der Waals surface area contributed by atoms with Gasteiger partial charge in [0.2, 0.25) is 0 Å². The van der Waals surface area contributed by atoms with Crippen LogP contribution in [0, 0.1) is 5.92 Å². The summed E-state index contributed by atoms with van der Waals surface area (Å²) in [5.41, 5.74) is 4.19. The molecule has 0 atom stereocenters. The van der Waals surface area contributed by atoms with Crippen molar-refractivity contribution in [1.29, 1.82) is 0 Å². The molecule has 1 aliphatic carbocycles. The second-order valence-corrected chi connectivity index (χ2v) is 5.22. The van der Waals surface area contributed by atoms with Gasteiger partial charge in [0.05, 0.1) is 11.0 Å². The third kappa shape index (κ3) is 2.87. The van der Waals surface area contributed by atoms with E-state index in [9.17, 15) is 4.79 Å². The molecule has 104 valence electrons. The molecule has 2 N–H and O–H groups in total. The number of nitrogens with zero attached hydrogens (tertiary/aromatic N) is 2. The number of para-hydroxylation sites is 2. The van der Waals surface area contributed by atoms with Crippen LogP contribution in [0.5, 0.6) is 0 Å². The van der Waals surface area contributed by atoms with Crippen molar-refractivity contribution in [2.45, 2.75) is 32.1 Å². The lowest BCUT2D eigenvalue weighted by molar-refractivity contribution is 0.0946. The average Bonchev–Trinajstić information content (AvgIpc) is 2.92. The maximum absolute atomic E-state index is 11.9. The van der Waals surface area contributed by atoms with Crippen LogP contribution in [0.3, 0.4) is 0 Å². The number of hydrogen-bond donors (Lipinski definition) is 2. The third-order valence-electron chi connectivity index (χ3n) is 3.71. The normalized spacial score (nSPS) is 16.8. The highest BCUT2D eigenvalue weighted by Gasteiger charge is 2.12. The molecule has 1 fully saturated rings. The Labute approximate surface area is 117 Å². The molecule has 2 aromatic rings. The Morgan fingerprint density at radius 2 is 2.10 bits per heavy atom. The summed E-state index contributed by atoms with van der Waals surface area (Å²) < 4.78 is 0. The zero-order valence-corrected chi connectivity index (χ0v) is 11.3. The van der Waals surface area contributed by atoms with E-state index in [0.29, 0.717) is 11.7 Å². The van der Waals surface area contributed by atoms with Crippen molar-refractivity contribution >= 4 is 23.2 Å². The summed E-state index contributed by atoms with van der Waals surface area (Å²) in [7, 11) is 0. The zero-order valence-electron chi connectivity index (χ0n) is 11.3. The topological polar surface area (TPSA) is 70.1 Å². The van der Waals surface area contributed by atoms with Crippen LogP contribution in [0.4, 0.5) is 0 Å². The van der Waals surface area contributed by atoms with Crippen LogP contribution in [0.15, 0.2) is 29.4 Å². The maximum Gasteiger partial charge on any atom is 0.307 e. The van der Waals surface area contributed by atoms with Gasteiger partial charge < -0.3 is 4.98 Å². The van der Waals surface area contributed by atoms with Crippen LogP contribution in [-0.4, -0.2) is 22.1 Å². The molecule has 1 saturated carbocycles. The highest BCUT2D eigenvalue weighted by atomic mass is 16.2. The standard InChI is InChI=1S/C15H18N4O/c20-15(19-16-10-11-6-2-1-3-7-11)14-17-12-8-4-5-9-13(12)18-14/h4-5,8-11H,1-3,6-7H2,(H,17,18)(H,19,20)/b16-10+. The first-order valence-electron chi connectivity index (χ1n) is 7.11. The summed E-state index contributed by atoms with van der Waals surface area (Å²) in [6.07, 6.45) is 8.03. The third-order valence-corrected chi connectivity index (χ3v) is 3.71. The Bertz CT molecular complexity index is 593. The fraction of sp³-hybridized carbons (Fsp3) is 0.400. The molecule has 1 amide bonds. The van der Waals surface area contributed by atoms with Crippen molar-refractivity contribution in [2.24, 2.45) is 11.0 Å². The highest BCUT2D eigenvalue weighted by Crippen LogP contribution is 2.21. The molecule has 0 aliphatic heterocycles. The highest BCUT2D eigenvalue weighted by molar-refractivity contribution is 5.94. The number of carbonyl (C=O) groups is 1. The average molecular weight is 270 g/mol. The number of nitrogens with one attached hydrogen (secondary N) is 2. The number of rotatable bonds is 3.